The third-order valence-electron chi connectivity index (χ3n) is 3.55. The normalized spacial score (nSPS) is 18.1. The number of benzene rings is 1. The largest absolute Gasteiger partial charge is 0.493 e. The first kappa shape index (κ1) is 15.1. The highest BCUT2D eigenvalue weighted by molar-refractivity contribution is 7.89. The number of nitrogen functional groups attached to an aromatic ring is 1. The lowest BCUT2D eigenvalue weighted by Gasteiger charge is -2.28. The molecule has 2 rings (SSSR count). The summed E-state index contributed by atoms with van der Waals surface area (Å²) in [5, 5.41) is 5.10. The average molecular weight is 299 g/mol. The summed E-state index contributed by atoms with van der Waals surface area (Å²) >= 11 is 0. The topological polar surface area (TPSA) is 98.7 Å². The van der Waals surface area contributed by atoms with E-state index in [4.69, 9.17) is 15.6 Å². The molecular weight excluding hydrogens is 278 g/mol. The van der Waals surface area contributed by atoms with Gasteiger partial charge in [0, 0.05) is 17.8 Å². The summed E-state index contributed by atoms with van der Waals surface area (Å²) < 4.78 is 28.4. The van der Waals surface area contributed by atoms with Crippen LogP contribution >= 0.6 is 0 Å². The van der Waals surface area contributed by atoms with Gasteiger partial charge in [0.15, 0.2) is 0 Å². The molecule has 4 N–H and O–H groups in total. The maximum absolute atomic E-state index is 11.3. The van der Waals surface area contributed by atoms with Gasteiger partial charge in [-0.25, -0.2) is 13.6 Å². The molecule has 1 saturated heterocycles. The van der Waals surface area contributed by atoms with Crippen molar-refractivity contribution in [2.24, 2.45) is 11.1 Å². The van der Waals surface area contributed by atoms with Crippen LogP contribution in [0.5, 0.6) is 5.75 Å². The van der Waals surface area contributed by atoms with E-state index in [2.05, 4.69) is 11.9 Å². The highest BCUT2D eigenvalue weighted by atomic mass is 32.2. The molecule has 1 aromatic rings. The quantitative estimate of drug-likeness (QED) is 0.795. The Bertz CT molecular complexity index is 566. The van der Waals surface area contributed by atoms with Gasteiger partial charge >= 0.3 is 0 Å². The molecular formula is C13H21N3O3S. The molecule has 0 amide bonds. The zero-order valence-electron chi connectivity index (χ0n) is 11.6. The van der Waals surface area contributed by atoms with E-state index in [0.29, 0.717) is 24.0 Å². The van der Waals surface area contributed by atoms with Crippen molar-refractivity contribution in [1.29, 1.82) is 0 Å². The fraction of sp³-hybridized carbons (Fsp3) is 0.538. The second-order valence-electron chi connectivity index (χ2n) is 5.34. The van der Waals surface area contributed by atoms with Crippen molar-refractivity contribution in [3.8, 4) is 5.75 Å². The monoisotopic (exact) mass is 299 g/mol. The summed E-state index contributed by atoms with van der Waals surface area (Å²) in [4.78, 5) is 2.27. The number of primary sulfonamides is 1. The molecule has 1 aliphatic heterocycles. The molecule has 20 heavy (non-hydrogen) atoms. The number of piperidine rings is 1. The van der Waals surface area contributed by atoms with Crippen molar-refractivity contribution in [3.05, 3.63) is 18.2 Å². The minimum Gasteiger partial charge on any atom is -0.493 e. The summed E-state index contributed by atoms with van der Waals surface area (Å²) in [6.45, 7) is 2.70. The van der Waals surface area contributed by atoms with Gasteiger partial charge in [-0.1, -0.05) is 0 Å². The number of ether oxygens (including phenoxy) is 1. The minimum absolute atomic E-state index is 0.0177. The fourth-order valence-electron chi connectivity index (χ4n) is 2.28. The van der Waals surface area contributed by atoms with Gasteiger partial charge in [-0.05, 0) is 45.0 Å². The maximum Gasteiger partial charge on any atom is 0.238 e. The first-order valence-corrected chi connectivity index (χ1v) is 8.14. The molecule has 0 aliphatic carbocycles. The van der Waals surface area contributed by atoms with Crippen LogP contribution in [0.15, 0.2) is 23.1 Å². The Morgan fingerprint density at radius 3 is 2.55 bits per heavy atom. The van der Waals surface area contributed by atoms with E-state index in [9.17, 15) is 8.42 Å². The summed E-state index contributed by atoms with van der Waals surface area (Å²) in [6.07, 6.45) is 2.17. The van der Waals surface area contributed by atoms with Crippen molar-refractivity contribution < 1.29 is 13.2 Å². The number of nitrogens with two attached hydrogens (primary N) is 2. The summed E-state index contributed by atoms with van der Waals surface area (Å²) in [7, 11) is -1.66. The van der Waals surface area contributed by atoms with Crippen LogP contribution in [0, 0.1) is 5.92 Å². The molecule has 0 saturated carbocycles. The number of hydrogen-bond donors (Lipinski definition) is 2. The van der Waals surface area contributed by atoms with Crippen LogP contribution in [0.25, 0.3) is 0 Å². The van der Waals surface area contributed by atoms with Crippen LogP contribution in [0.3, 0.4) is 0 Å². The standard InChI is InChI=1S/C13H21N3O3S/c1-16-4-2-10(3-5-16)9-19-12-6-11(14)7-13(8-12)20(15,17)18/h6-8,10H,2-5,9,14H2,1H3,(H2,15,17,18). The van der Waals surface area contributed by atoms with Gasteiger partial charge in [0.1, 0.15) is 5.75 Å². The Hall–Kier alpha value is -1.31. The van der Waals surface area contributed by atoms with E-state index in [1.165, 1.54) is 12.1 Å². The van der Waals surface area contributed by atoms with Crippen molar-refractivity contribution in [1.82, 2.24) is 4.90 Å². The Morgan fingerprint density at radius 1 is 1.30 bits per heavy atom. The summed E-state index contributed by atoms with van der Waals surface area (Å²) in [5.74, 6) is 0.943. The zero-order chi connectivity index (χ0) is 14.8. The zero-order valence-corrected chi connectivity index (χ0v) is 12.4. The van der Waals surface area contributed by atoms with E-state index < -0.39 is 10.0 Å². The number of rotatable bonds is 4. The Labute approximate surface area is 119 Å². The number of nitrogens with zero attached hydrogens (tertiary/aromatic N) is 1. The summed E-state index contributed by atoms with van der Waals surface area (Å²) in [5.41, 5.74) is 6.00. The van der Waals surface area contributed by atoms with Crippen LogP contribution in [0.4, 0.5) is 5.69 Å². The molecule has 0 aromatic heterocycles. The summed E-state index contributed by atoms with van der Waals surface area (Å²) in [6, 6.07) is 4.36. The number of hydrogen-bond acceptors (Lipinski definition) is 5. The Morgan fingerprint density at radius 2 is 1.95 bits per heavy atom. The average Bonchev–Trinajstić information content (AvgIpc) is 2.36. The molecule has 112 valence electrons. The minimum atomic E-state index is -3.76. The molecule has 0 atom stereocenters. The number of likely N-dealkylation sites (tertiary alicyclic amines) is 1. The molecule has 0 bridgehead atoms. The van der Waals surface area contributed by atoms with Crippen molar-refractivity contribution in [3.63, 3.8) is 0 Å². The Balaban J connectivity index is 2.01. The van der Waals surface area contributed by atoms with Crippen LogP contribution in [-0.2, 0) is 10.0 Å². The third kappa shape index (κ3) is 4.09. The molecule has 1 heterocycles. The van der Waals surface area contributed by atoms with Gasteiger partial charge in [-0.2, -0.15) is 0 Å². The van der Waals surface area contributed by atoms with Crippen molar-refractivity contribution in [2.45, 2.75) is 17.7 Å². The van der Waals surface area contributed by atoms with Crippen molar-refractivity contribution >= 4 is 15.7 Å². The van der Waals surface area contributed by atoms with Crippen LogP contribution in [-0.4, -0.2) is 40.1 Å². The van der Waals surface area contributed by atoms with Gasteiger partial charge in [-0.15, -0.1) is 0 Å². The third-order valence-corrected chi connectivity index (χ3v) is 4.45. The highest BCUT2D eigenvalue weighted by Gasteiger charge is 2.18. The molecule has 0 spiro atoms. The Kier molecular flexibility index (Phi) is 4.52. The predicted octanol–water partition coefficient (Wildman–Crippen LogP) is 0.637. The van der Waals surface area contributed by atoms with Crippen LogP contribution in [0.1, 0.15) is 12.8 Å². The lowest BCUT2D eigenvalue weighted by Crippen LogP contribution is -2.32. The van der Waals surface area contributed by atoms with Gasteiger partial charge in [0.2, 0.25) is 10.0 Å². The van der Waals surface area contributed by atoms with E-state index in [1.807, 2.05) is 0 Å². The molecule has 7 heteroatoms. The van der Waals surface area contributed by atoms with Gasteiger partial charge in [-0.3, -0.25) is 0 Å². The number of anilines is 1. The molecule has 1 aliphatic rings. The van der Waals surface area contributed by atoms with Gasteiger partial charge < -0.3 is 15.4 Å². The van der Waals surface area contributed by atoms with Crippen LogP contribution < -0.4 is 15.6 Å². The predicted molar refractivity (Wildman–Crippen MR) is 77.9 cm³/mol. The SMILES string of the molecule is CN1CCC(COc2cc(N)cc(S(N)(=O)=O)c2)CC1. The highest BCUT2D eigenvalue weighted by Crippen LogP contribution is 2.23. The smallest absolute Gasteiger partial charge is 0.238 e. The molecule has 1 fully saturated rings. The lowest BCUT2D eigenvalue weighted by molar-refractivity contribution is 0.160. The van der Waals surface area contributed by atoms with E-state index in [-0.39, 0.29) is 4.90 Å². The molecule has 1 aromatic carbocycles. The maximum atomic E-state index is 11.3. The number of sulfonamides is 1. The fourth-order valence-corrected chi connectivity index (χ4v) is 2.86. The lowest BCUT2D eigenvalue weighted by atomic mass is 9.98. The first-order chi connectivity index (χ1) is 9.34. The first-order valence-electron chi connectivity index (χ1n) is 6.59. The van der Waals surface area contributed by atoms with Gasteiger partial charge in [0.05, 0.1) is 11.5 Å². The molecule has 0 unspecified atom stereocenters. The molecule has 0 radical (unpaired) electrons. The second-order valence-corrected chi connectivity index (χ2v) is 6.90. The van der Waals surface area contributed by atoms with Gasteiger partial charge in [0.25, 0.3) is 0 Å². The van der Waals surface area contributed by atoms with E-state index >= 15 is 0 Å². The van der Waals surface area contributed by atoms with Crippen LogP contribution in [0.2, 0.25) is 0 Å². The van der Waals surface area contributed by atoms with Crippen molar-refractivity contribution in [2.75, 3.05) is 32.5 Å². The van der Waals surface area contributed by atoms with E-state index in [1.54, 1.807) is 6.07 Å². The van der Waals surface area contributed by atoms with E-state index in [0.717, 1.165) is 25.9 Å². The second kappa shape index (κ2) is 5.99. The molecule has 6 nitrogen and oxygen atoms in total.